The number of sulfonamides is 1. The molecule has 3 rings (SSSR count). The zero-order chi connectivity index (χ0) is 18.7. The van der Waals surface area contributed by atoms with Gasteiger partial charge in [-0.2, -0.15) is 0 Å². The summed E-state index contributed by atoms with van der Waals surface area (Å²) in [5.41, 5.74) is 0.604. The van der Waals surface area contributed by atoms with Crippen molar-refractivity contribution in [3.63, 3.8) is 0 Å². The topological polar surface area (TPSA) is 118 Å². The maximum Gasteiger partial charge on any atom is 0.269 e. The predicted molar refractivity (Wildman–Crippen MR) is 95.3 cm³/mol. The molecule has 1 aromatic heterocycles. The van der Waals surface area contributed by atoms with Gasteiger partial charge in [-0.1, -0.05) is 0 Å². The van der Waals surface area contributed by atoms with Gasteiger partial charge in [0.15, 0.2) is 0 Å². The molecule has 1 fully saturated rings. The molecule has 1 N–H and O–H groups in total. The summed E-state index contributed by atoms with van der Waals surface area (Å²) in [7, 11) is -3.81. The highest BCUT2D eigenvalue weighted by atomic mass is 32.2. The van der Waals surface area contributed by atoms with E-state index in [4.69, 9.17) is 0 Å². The number of nitro benzene ring substituents is 1. The third-order valence-electron chi connectivity index (χ3n) is 4.10. The first-order valence-electron chi connectivity index (χ1n) is 8.19. The van der Waals surface area contributed by atoms with Gasteiger partial charge < -0.3 is 4.90 Å². The minimum atomic E-state index is -3.81. The second-order valence-electron chi connectivity index (χ2n) is 6.05. The second-order valence-corrected chi connectivity index (χ2v) is 7.82. The fourth-order valence-corrected chi connectivity index (χ4v) is 3.77. The lowest BCUT2D eigenvalue weighted by atomic mass is 10.3. The van der Waals surface area contributed by atoms with Crippen LogP contribution in [0.1, 0.15) is 24.4 Å². The molecule has 138 valence electrons. The number of aryl methyl sites for hydroxylation is 1. The molecule has 0 saturated carbocycles. The summed E-state index contributed by atoms with van der Waals surface area (Å²) in [5, 5.41) is 10.7. The summed E-state index contributed by atoms with van der Waals surface area (Å²) < 4.78 is 27.2. The highest BCUT2D eigenvalue weighted by Gasteiger charge is 2.18. The number of non-ortho nitro benzene ring substituents is 1. The van der Waals surface area contributed by atoms with Crippen LogP contribution in [-0.2, 0) is 16.6 Å². The fraction of sp³-hybridized carbons (Fsp3) is 0.375. The zero-order valence-corrected chi connectivity index (χ0v) is 15.1. The van der Waals surface area contributed by atoms with Crippen molar-refractivity contribution >= 4 is 21.5 Å². The molecule has 0 aliphatic carbocycles. The van der Waals surface area contributed by atoms with Gasteiger partial charge in [0, 0.05) is 37.0 Å². The monoisotopic (exact) mass is 377 g/mol. The minimum absolute atomic E-state index is 0.0458. The van der Waals surface area contributed by atoms with Crippen LogP contribution in [0.3, 0.4) is 0 Å². The first-order chi connectivity index (χ1) is 12.3. The van der Waals surface area contributed by atoms with Crippen molar-refractivity contribution in [1.82, 2.24) is 14.7 Å². The Morgan fingerprint density at radius 3 is 2.46 bits per heavy atom. The number of rotatable bonds is 6. The van der Waals surface area contributed by atoms with E-state index in [0.29, 0.717) is 5.82 Å². The Hall–Kier alpha value is -2.59. The first-order valence-corrected chi connectivity index (χ1v) is 9.67. The molecule has 0 bridgehead atoms. The molecule has 2 heterocycles. The van der Waals surface area contributed by atoms with Gasteiger partial charge in [0.1, 0.15) is 11.6 Å². The quantitative estimate of drug-likeness (QED) is 0.602. The normalized spacial score (nSPS) is 14.6. The van der Waals surface area contributed by atoms with E-state index in [1.54, 1.807) is 0 Å². The molecule has 1 aromatic carbocycles. The average molecular weight is 377 g/mol. The van der Waals surface area contributed by atoms with Crippen LogP contribution >= 0.6 is 0 Å². The number of nitrogens with zero attached hydrogens (tertiary/aromatic N) is 4. The first kappa shape index (κ1) is 18.2. The van der Waals surface area contributed by atoms with Crippen LogP contribution in [0.15, 0.2) is 35.2 Å². The molecule has 2 aromatic rings. The minimum Gasteiger partial charge on any atom is -0.357 e. The largest absolute Gasteiger partial charge is 0.357 e. The summed E-state index contributed by atoms with van der Waals surface area (Å²) in [4.78, 5) is 20.9. The van der Waals surface area contributed by atoms with Gasteiger partial charge in [0.05, 0.1) is 16.4 Å². The summed E-state index contributed by atoms with van der Waals surface area (Å²) >= 11 is 0. The molecule has 26 heavy (non-hydrogen) atoms. The summed E-state index contributed by atoms with van der Waals surface area (Å²) in [6, 6.07) is 6.60. The lowest BCUT2D eigenvalue weighted by Crippen LogP contribution is -2.26. The summed E-state index contributed by atoms with van der Waals surface area (Å²) in [5.74, 6) is 1.19. The molecule has 0 atom stereocenters. The SMILES string of the molecule is Cc1cc(N2CCCC2)nc(CNS(=O)(=O)c2ccc([N+](=O)[O-])cc2)n1. The number of hydrogen-bond acceptors (Lipinski definition) is 7. The maximum atomic E-state index is 12.4. The van der Waals surface area contributed by atoms with Gasteiger partial charge >= 0.3 is 0 Å². The van der Waals surface area contributed by atoms with E-state index in [1.165, 1.54) is 12.1 Å². The molecular formula is C16H19N5O4S. The number of anilines is 1. The van der Waals surface area contributed by atoms with E-state index in [1.807, 2.05) is 13.0 Å². The van der Waals surface area contributed by atoms with Crippen LogP contribution in [0.4, 0.5) is 11.5 Å². The van der Waals surface area contributed by atoms with Crippen molar-refractivity contribution in [2.24, 2.45) is 0 Å². The average Bonchev–Trinajstić information content (AvgIpc) is 3.14. The Balaban J connectivity index is 1.74. The molecule has 1 aliphatic rings. The van der Waals surface area contributed by atoms with E-state index in [9.17, 15) is 18.5 Å². The number of nitro groups is 1. The van der Waals surface area contributed by atoms with Gasteiger partial charge in [0.25, 0.3) is 5.69 Å². The molecule has 0 unspecified atom stereocenters. The fourth-order valence-electron chi connectivity index (χ4n) is 2.79. The van der Waals surface area contributed by atoms with Crippen molar-refractivity contribution in [1.29, 1.82) is 0 Å². The number of aromatic nitrogens is 2. The van der Waals surface area contributed by atoms with Crippen LogP contribution in [0.5, 0.6) is 0 Å². The lowest BCUT2D eigenvalue weighted by Gasteiger charge is -2.17. The van der Waals surface area contributed by atoms with E-state index < -0.39 is 14.9 Å². The van der Waals surface area contributed by atoms with Crippen molar-refractivity contribution < 1.29 is 13.3 Å². The highest BCUT2D eigenvalue weighted by molar-refractivity contribution is 7.89. The molecule has 0 amide bonds. The second kappa shape index (κ2) is 7.34. The molecule has 1 saturated heterocycles. The molecule has 0 radical (unpaired) electrons. The van der Waals surface area contributed by atoms with Crippen molar-refractivity contribution in [2.75, 3.05) is 18.0 Å². The number of hydrogen-bond donors (Lipinski definition) is 1. The van der Waals surface area contributed by atoms with E-state index in [-0.39, 0.29) is 17.1 Å². The lowest BCUT2D eigenvalue weighted by molar-refractivity contribution is -0.384. The third kappa shape index (κ3) is 4.14. The maximum absolute atomic E-state index is 12.4. The third-order valence-corrected chi connectivity index (χ3v) is 5.51. The highest BCUT2D eigenvalue weighted by Crippen LogP contribution is 2.19. The van der Waals surface area contributed by atoms with Gasteiger partial charge in [-0.05, 0) is 31.9 Å². The molecular weight excluding hydrogens is 358 g/mol. The summed E-state index contributed by atoms with van der Waals surface area (Å²) in [6.45, 7) is 3.66. The van der Waals surface area contributed by atoms with E-state index in [0.717, 1.165) is 49.6 Å². The molecule has 1 aliphatic heterocycles. The van der Waals surface area contributed by atoms with E-state index in [2.05, 4.69) is 19.6 Å². The van der Waals surface area contributed by atoms with Crippen molar-refractivity contribution in [2.45, 2.75) is 31.2 Å². The Kier molecular flexibility index (Phi) is 5.14. The number of nitrogens with one attached hydrogen (secondary N) is 1. The van der Waals surface area contributed by atoms with E-state index >= 15 is 0 Å². The Morgan fingerprint density at radius 2 is 1.85 bits per heavy atom. The molecule has 10 heteroatoms. The predicted octanol–water partition coefficient (Wildman–Crippen LogP) is 1.77. The zero-order valence-electron chi connectivity index (χ0n) is 14.3. The van der Waals surface area contributed by atoms with Gasteiger partial charge in [-0.3, -0.25) is 10.1 Å². The van der Waals surface area contributed by atoms with Crippen molar-refractivity contribution in [3.8, 4) is 0 Å². The standard InChI is InChI=1S/C16H19N5O4S/c1-12-10-16(20-8-2-3-9-20)19-15(18-12)11-17-26(24,25)14-6-4-13(5-7-14)21(22)23/h4-7,10,17H,2-3,8-9,11H2,1H3. The van der Waals surface area contributed by atoms with Gasteiger partial charge in [-0.25, -0.2) is 23.1 Å². The smallest absolute Gasteiger partial charge is 0.269 e. The van der Waals surface area contributed by atoms with Crippen molar-refractivity contribution in [3.05, 3.63) is 52.0 Å². The van der Waals surface area contributed by atoms with Crippen LogP contribution in [-0.4, -0.2) is 36.4 Å². The van der Waals surface area contributed by atoms with Crippen LogP contribution in [0.2, 0.25) is 0 Å². The van der Waals surface area contributed by atoms with Gasteiger partial charge in [0.2, 0.25) is 10.0 Å². The Labute approximate surface area is 151 Å². The Bertz CT molecular complexity index is 909. The van der Waals surface area contributed by atoms with Crippen LogP contribution in [0.25, 0.3) is 0 Å². The Morgan fingerprint density at radius 1 is 1.19 bits per heavy atom. The number of benzene rings is 1. The van der Waals surface area contributed by atoms with Crippen LogP contribution < -0.4 is 9.62 Å². The van der Waals surface area contributed by atoms with Gasteiger partial charge in [-0.15, -0.1) is 0 Å². The summed E-state index contributed by atoms with van der Waals surface area (Å²) in [6.07, 6.45) is 2.23. The molecule has 0 spiro atoms. The van der Waals surface area contributed by atoms with Crippen LogP contribution in [0, 0.1) is 17.0 Å². The molecule has 9 nitrogen and oxygen atoms in total.